The zero-order chi connectivity index (χ0) is 20.1. The first kappa shape index (κ1) is 18.6. The molecule has 0 radical (unpaired) electrons. The van der Waals surface area contributed by atoms with Gasteiger partial charge in [-0.15, -0.1) is 0 Å². The highest BCUT2D eigenvalue weighted by Gasteiger charge is 2.21. The third-order valence-corrected chi connectivity index (χ3v) is 3.74. The van der Waals surface area contributed by atoms with Crippen molar-refractivity contribution in [1.82, 2.24) is 9.97 Å². The van der Waals surface area contributed by atoms with E-state index in [1.165, 1.54) is 37.7 Å². The van der Waals surface area contributed by atoms with Gasteiger partial charge in [-0.05, 0) is 30.3 Å². The Morgan fingerprint density at radius 3 is 2.46 bits per heavy atom. The van der Waals surface area contributed by atoms with Gasteiger partial charge < -0.3 is 20.4 Å². The Hall–Kier alpha value is -4.21. The van der Waals surface area contributed by atoms with Crippen LogP contribution in [0.1, 0.15) is 21.0 Å². The van der Waals surface area contributed by atoms with Gasteiger partial charge in [0.1, 0.15) is 11.4 Å². The highest BCUT2D eigenvalue weighted by Crippen LogP contribution is 2.19. The Balaban J connectivity index is 1.74. The lowest BCUT2D eigenvalue weighted by molar-refractivity contribution is -0.384. The number of anilines is 2. The van der Waals surface area contributed by atoms with E-state index in [0.717, 1.165) is 0 Å². The van der Waals surface area contributed by atoms with Crippen LogP contribution in [0.4, 0.5) is 17.1 Å². The molecule has 2 aromatic carbocycles. The number of hydrogen-bond donors (Lipinski definition) is 3. The van der Waals surface area contributed by atoms with Crippen LogP contribution in [0, 0.1) is 10.1 Å². The number of imidazole rings is 1. The first-order chi connectivity index (χ1) is 13.5. The van der Waals surface area contributed by atoms with Crippen molar-refractivity contribution in [2.45, 2.75) is 0 Å². The SMILES string of the molecule is COc1ccc(NC(=O)c2[nH]cnc2C(=O)Nc2cccc([N+](=O)[O-])c2)cc1. The summed E-state index contributed by atoms with van der Waals surface area (Å²) in [7, 11) is 1.53. The number of aromatic nitrogens is 2. The number of nitro benzene ring substituents is 1. The molecule has 0 unspecified atom stereocenters. The van der Waals surface area contributed by atoms with E-state index in [1.54, 1.807) is 24.3 Å². The molecule has 1 aromatic heterocycles. The Morgan fingerprint density at radius 2 is 1.79 bits per heavy atom. The Morgan fingerprint density at radius 1 is 1.07 bits per heavy atom. The predicted molar refractivity (Wildman–Crippen MR) is 101 cm³/mol. The van der Waals surface area contributed by atoms with Gasteiger partial charge in [0.25, 0.3) is 17.5 Å². The minimum atomic E-state index is -0.679. The van der Waals surface area contributed by atoms with Crippen molar-refractivity contribution in [1.29, 1.82) is 0 Å². The number of nitro groups is 1. The lowest BCUT2D eigenvalue weighted by Gasteiger charge is -2.07. The topological polar surface area (TPSA) is 139 Å². The third-order valence-electron chi connectivity index (χ3n) is 3.74. The summed E-state index contributed by atoms with van der Waals surface area (Å²) in [5.41, 5.74) is 0.364. The lowest BCUT2D eigenvalue weighted by atomic mass is 10.2. The van der Waals surface area contributed by atoms with Crippen LogP contribution < -0.4 is 15.4 Å². The number of nitrogens with one attached hydrogen (secondary N) is 3. The normalized spacial score (nSPS) is 10.2. The second kappa shape index (κ2) is 7.99. The van der Waals surface area contributed by atoms with Crippen LogP contribution in [0.3, 0.4) is 0 Å². The third kappa shape index (κ3) is 4.12. The minimum Gasteiger partial charge on any atom is -0.497 e. The van der Waals surface area contributed by atoms with Gasteiger partial charge in [0.15, 0.2) is 5.69 Å². The molecule has 0 fully saturated rings. The van der Waals surface area contributed by atoms with E-state index in [0.29, 0.717) is 11.4 Å². The number of amides is 2. The van der Waals surface area contributed by atoms with Gasteiger partial charge in [-0.1, -0.05) is 6.07 Å². The Bertz CT molecular complexity index is 1030. The average molecular weight is 381 g/mol. The summed E-state index contributed by atoms with van der Waals surface area (Å²) in [6, 6.07) is 12.1. The molecule has 0 atom stereocenters. The van der Waals surface area contributed by atoms with Crippen LogP contribution in [0.5, 0.6) is 5.75 Å². The summed E-state index contributed by atoms with van der Waals surface area (Å²) in [6.07, 6.45) is 1.21. The van der Waals surface area contributed by atoms with Crippen molar-refractivity contribution >= 4 is 28.9 Å². The van der Waals surface area contributed by atoms with Crippen LogP contribution >= 0.6 is 0 Å². The predicted octanol–water partition coefficient (Wildman–Crippen LogP) is 2.83. The van der Waals surface area contributed by atoms with Crippen LogP contribution in [0.25, 0.3) is 0 Å². The van der Waals surface area contributed by atoms with Gasteiger partial charge in [-0.2, -0.15) is 0 Å². The van der Waals surface area contributed by atoms with Crippen LogP contribution in [0.2, 0.25) is 0 Å². The Labute approximate surface area is 158 Å². The molecule has 10 nitrogen and oxygen atoms in total. The lowest BCUT2D eigenvalue weighted by Crippen LogP contribution is -2.20. The van der Waals surface area contributed by atoms with E-state index in [-0.39, 0.29) is 22.8 Å². The van der Waals surface area contributed by atoms with Crippen molar-refractivity contribution in [3.63, 3.8) is 0 Å². The van der Waals surface area contributed by atoms with E-state index in [9.17, 15) is 19.7 Å². The van der Waals surface area contributed by atoms with Gasteiger partial charge in [0.05, 0.1) is 18.4 Å². The molecule has 0 aliphatic heterocycles. The monoisotopic (exact) mass is 381 g/mol. The molecular weight excluding hydrogens is 366 g/mol. The number of aromatic amines is 1. The molecule has 2 amide bonds. The second-order valence-electron chi connectivity index (χ2n) is 5.57. The molecule has 0 saturated heterocycles. The van der Waals surface area contributed by atoms with Crippen LogP contribution in [-0.2, 0) is 0 Å². The van der Waals surface area contributed by atoms with Gasteiger partial charge >= 0.3 is 0 Å². The number of non-ortho nitro benzene ring substituents is 1. The fraction of sp³-hybridized carbons (Fsp3) is 0.0556. The first-order valence-electron chi connectivity index (χ1n) is 8.02. The molecule has 0 bridgehead atoms. The van der Waals surface area contributed by atoms with Gasteiger partial charge in [-0.25, -0.2) is 4.98 Å². The highest BCUT2D eigenvalue weighted by molar-refractivity contribution is 6.13. The number of ether oxygens (including phenoxy) is 1. The van der Waals surface area contributed by atoms with Crippen molar-refractivity contribution in [2.75, 3.05) is 17.7 Å². The van der Waals surface area contributed by atoms with Crippen molar-refractivity contribution < 1.29 is 19.2 Å². The number of H-pyrrole nitrogens is 1. The zero-order valence-electron chi connectivity index (χ0n) is 14.6. The van der Waals surface area contributed by atoms with E-state index < -0.39 is 16.7 Å². The number of carbonyl (C=O) groups is 2. The molecule has 10 heteroatoms. The first-order valence-corrected chi connectivity index (χ1v) is 8.02. The van der Waals surface area contributed by atoms with Gasteiger partial charge in [0, 0.05) is 23.5 Å². The number of methoxy groups -OCH3 is 1. The maximum absolute atomic E-state index is 12.5. The maximum Gasteiger partial charge on any atom is 0.276 e. The molecule has 1 heterocycles. The average Bonchev–Trinajstić information content (AvgIpc) is 3.19. The van der Waals surface area contributed by atoms with E-state index in [2.05, 4.69) is 20.6 Å². The summed E-state index contributed by atoms with van der Waals surface area (Å²) in [4.78, 5) is 41.7. The number of rotatable bonds is 6. The fourth-order valence-corrected chi connectivity index (χ4v) is 2.39. The molecular formula is C18H15N5O5. The van der Waals surface area contributed by atoms with Crippen LogP contribution in [0.15, 0.2) is 54.9 Å². The fourth-order valence-electron chi connectivity index (χ4n) is 2.39. The van der Waals surface area contributed by atoms with Crippen molar-refractivity contribution in [3.05, 3.63) is 76.4 Å². The standard InChI is InChI=1S/C18H15N5O5/c1-28-14-7-5-11(6-8-14)21-17(24)15-16(20-10-19-15)18(25)22-12-3-2-4-13(9-12)23(26)27/h2-10H,1H3,(H,19,20)(H,21,24)(H,22,25). The summed E-state index contributed by atoms with van der Waals surface area (Å²) in [5.74, 6) is -0.606. The van der Waals surface area contributed by atoms with Gasteiger partial charge in [0.2, 0.25) is 0 Å². The quantitative estimate of drug-likeness (QED) is 0.443. The minimum absolute atomic E-state index is 0.0428. The number of hydrogen-bond acceptors (Lipinski definition) is 6. The zero-order valence-corrected chi connectivity index (χ0v) is 14.6. The molecule has 28 heavy (non-hydrogen) atoms. The number of benzene rings is 2. The molecule has 3 N–H and O–H groups in total. The summed E-state index contributed by atoms with van der Waals surface area (Å²) in [5, 5.41) is 16.0. The molecule has 0 aliphatic carbocycles. The molecule has 3 aromatic rings. The molecule has 0 saturated carbocycles. The van der Waals surface area contributed by atoms with Crippen molar-refractivity contribution in [2.24, 2.45) is 0 Å². The smallest absolute Gasteiger partial charge is 0.276 e. The maximum atomic E-state index is 12.5. The second-order valence-corrected chi connectivity index (χ2v) is 5.57. The van der Waals surface area contributed by atoms with E-state index >= 15 is 0 Å². The van der Waals surface area contributed by atoms with Crippen LogP contribution in [-0.4, -0.2) is 33.8 Å². The van der Waals surface area contributed by atoms with E-state index in [4.69, 9.17) is 4.74 Å². The molecule has 0 spiro atoms. The molecule has 0 aliphatic rings. The van der Waals surface area contributed by atoms with Gasteiger partial charge in [-0.3, -0.25) is 19.7 Å². The molecule has 3 rings (SSSR count). The van der Waals surface area contributed by atoms with E-state index in [1.807, 2.05) is 0 Å². The summed E-state index contributed by atoms with van der Waals surface area (Å²) in [6.45, 7) is 0. The number of carbonyl (C=O) groups excluding carboxylic acids is 2. The largest absolute Gasteiger partial charge is 0.497 e. The summed E-state index contributed by atoms with van der Waals surface area (Å²) >= 11 is 0. The van der Waals surface area contributed by atoms with Crippen molar-refractivity contribution in [3.8, 4) is 5.75 Å². The highest BCUT2D eigenvalue weighted by atomic mass is 16.6. The summed E-state index contributed by atoms with van der Waals surface area (Å²) < 4.78 is 5.05. The Kier molecular flexibility index (Phi) is 5.30. The molecule has 142 valence electrons. The number of nitrogens with zero attached hydrogens (tertiary/aromatic N) is 2.